The number of nitrogens with one attached hydrogen (secondary N) is 1. The molecule has 1 atom stereocenters. The molecule has 0 aromatic carbocycles. The van der Waals surface area contributed by atoms with Crippen LogP contribution >= 0.6 is 0 Å². The van der Waals surface area contributed by atoms with E-state index < -0.39 is 11.0 Å². The quantitative estimate of drug-likeness (QED) is 0.603. The zero-order valence-electron chi connectivity index (χ0n) is 19.2. The van der Waals surface area contributed by atoms with Crippen LogP contribution in [0.2, 0.25) is 0 Å². The smallest absolute Gasteiger partial charge is 0.240 e. The molecule has 2 heterocycles. The molecule has 1 unspecified atom stereocenters. The fourth-order valence-corrected chi connectivity index (χ4v) is 5.79. The molecule has 31 heavy (non-hydrogen) atoms. The summed E-state index contributed by atoms with van der Waals surface area (Å²) in [5, 5.41) is 8.82. The third-order valence-corrected chi connectivity index (χ3v) is 9.08. The molecule has 0 saturated heterocycles. The molecule has 0 aliphatic heterocycles. The van der Waals surface area contributed by atoms with Gasteiger partial charge in [0, 0.05) is 23.2 Å². The maximum atomic E-state index is 12.3. The molecule has 7 heteroatoms. The summed E-state index contributed by atoms with van der Waals surface area (Å²) >= 11 is 0. The SMILES string of the molecule is CC.CC1(COc2cc3nnc(NS(=O)C4CC4)n3cc2C2CC2)CCC2(CC1)CC2. The highest BCUT2D eigenvalue weighted by Gasteiger charge is 2.48. The zero-order valence-corrected chi connectivity index (χ0v) is 20.0. The van der Waals surface area contributed by atoms with E-state index in [1.165, 1.54) is 56.9 Å². The van der Waals surface area contributed by atoms with Crippen LogP contribution in [0.5, 0.6) is 5.75 Å². The Balaban J connectivity index is 0.000000994. The second-order valence-electron chi connectivity index (χ2n) is 10.3. The predicted octanol–water partition coefficient (Wildman–Crippen LogP) is 5.61. The van der Waals surface area contributed by atoms with Crippen LogP contribution in [0.3, 0.4) is 0 Å². The lowest BCUT2D eigenvalue weighted by Crippen LogP contribution is -2.31. The van der Waals surface area contributed by atoms with Crippen molar-refractivity contribution in [2.45, 2.75) is 96.1 Å². The summed E-state index contributed by atoms with van der Waals surface area (Å²) in [7, 11) is -1.07. The number of hydrogen-bond donors (Lipinski definition) is 1. The van der Waals surface area contributed by atoms with E-state index in [1.807, 2.05) is 24.3 Å². The standard InChI is InChI=1S/C22H30N4O2S.C2H6/c1-21(6-8-22(9-7-21)10-11-22)14-28-18-12-19-23-24-20(25-29(27)16-4-5-16)26(19)13-17(18)15-2-3-15;1-2/h12-13,15-16H,2-11,14H2,1H3,(H,24,25);1-2H3. The number of rotatable bonds is 7. The average molecular weight is 445 g/mol. The van der Waals surface area contributed by atoms with E-state index in [-0.39, 0.29) is 10.7 Å². The molecular weight excluding hydrogens is 408 g/mol. The molecule has 1 spiro atoms. The first-order valence-corrected chi connectivity index (χ1v) is 13.4. The summed E-state index contributed by atoms with van der Waals surface area (Å²) in [5.41, 5.74) is 2.99. The first-order valence-electron chi connectivity index (χ1n) is 12.2. The van der Waals surface area contributed by atoms with E-state index in [1.54, 1.807) is 0 Å². The van der Waals surface area contributed by atoms with Crippen molar-refractivity contribution in [3.63, 3.8) is 0 Å². The molecule has 4 saturated carbocycles. The Labute approximate surface area is 188 Å². The van der Waals surface area contributed by atoms with Gasteiger partial charge in [0.2, 0.25) is 5.95 Å². The summed E-state index contributed by atoms with van der Waals surface area (Å²) in [4.78, 5) is 0. The van der Waals surface area contributed by atoms with E-state index in [0.717, 1.165) is 30.8 Å². The third-order valence-electron chi connectivity index (χ3n) is 7.62. The van der Waals surface area contributed by atoms with Crippen LogP contribution in [-0.4, -0.2) is 30.7 Å². The number of nitrogens with zero attached hydrogens (tertiary/aromatic N) is 3. The van der Waals surface area contributed by atoms with Gasteiger partial charge < -0.3 is 4.74 Å². The number of ether oxygens (including phenoxy) is 1. The van der Waals surface area contributed by atoms with Gasteiger partial charge in [-0.2, -0.15) is 0 Å². The summed E-state index contributed by atoms with van der Waals surface area (Å²) < 4.78 is 23.7. The first kappa shape index (κ1) is 21.2. The van der Waals surface area contributed by atoms with Gasteiger partial charge in [-0.05, 0) is 75.5 Å². The normalized spacial score (nSPS) is 24.4. The maximum absolute atomic E-state index is 12.3. The molecule has 4 aliphatic carbocycles. The van der Waals surface area contributed by atoms with E-state index in [9.17, 15) is 4.21 Å². The van der Waals surface area contributed by atoms with Crippen molar-refractivity contribution in [3.8, 4) is 5.75 Å². The predicted molar refractivity (Wildman–Crippen MR) is 125 cm³/mol. The van der Waals surface area contributed by atoms with Gasteiger partial charge in [0.05, 0.1) is 11.9 Å². The molecule has 0 amide bonds. The van der Waals surface area contributed by atoms with Crippen LogP contribution in [0.25, 0.3) is 5.65 Å². The average Bonchev–Trinajstić information content (AvgIpc) is 3.66. The second kappa shape index (κ2) is 8.05. The fourth-order valence-electron chi connectivity index (χ4n) is 4.74. The summed E-state index contributed by atoms with van der Waals surface area (Å²) in [6.07, 6.45) is 14.8. The van der Waals surface area contributed by atoms with Gasteiger partial charge in [-0.1, -0.05) is 20.8 Å². The van der Waals surface area contributed by atoms with Gasteiger partial charge in [0.1, 0.15) is 16.7 Å². The maximum Gasteiger partial charge on any atom is 0.240 e. The molecule has 6 rings (SSSR count). The number of pyridine rings is 1. The lowest BCUT2D eigenvalue weighted by molar-refractivity contribution is 0.0872. The van der Waals surface area contributed by atoms with E-state index >= 15 is 0 Å². The van der Waals surface area contributed by atoms with E-state index in [0.29, 0.717) is 17.3 Å². The molecule has 1 N–H and O–H groups in total. The molecule has 0 radical (unpaired) electrons. The second-order valence-corrected chi connectivity index (χ2v) is 11.8. The molecule has 0 bridgehead atoms. The molecule has 2 aromatic rings. The Hall–Kier alpha value is -1.63. The Bertz CT molecular complexity index is 965. The van der Waals surface area contributed by atoms with Crippen molar-refractivity contribution >= 4 is 22.6 Å². The number of fused-ring (bicyclic) bond motifs is 1. The van der Waals surface area contributed by atoms with Crippen LogP contribution in [0.15, 0.2) is 12.3 Å². The van der Waals surface area contributed by atoms with Crippen molar-refractivity contribution < 1.29 is 8.95 Å². The fraction of sp³-hybridized carbons (Fsp3) is 0.750. The summed E-state index contributed by atoms with van der Waals surface area (Å²) in [5.74, 6) is 2.11. The lowest BCUT2D eigenvalue weighted by atomic mass is 9.71. The number of hydrogen-bond acceptors (Lipinski definition) is 4. The van der Waals surface area contributed by atoms with E-state index in [4.69, 9.17) is 4.74 Å². The minimum absolute atomic E-state index is 0.263. The highest BCUT2D eigenvalue weighted by molar-refractivity contribution is 7.87. The molecule has 6 nitrogen and oxygen atoms in total. The van der Waals surface area contributed by atoms with Crippen molar-refractivity contribution in [3.05, 3.63) is 17.8 Å². The molecular formula is C24H36N4O2S. The van der Waals surface area contributed by atoms with Crippen molar-refractivity contribution in [2.24, 2.45) is 10.8 Å². The lowest BCUT2D eigenvalue weighted by Gasteiger charge is -2.37. The van der Waals surface area contributed by atoms with Crippen LogP contribution in [0.1, 0.15) is 96.5 Å². The van der Waals surface area contributed by atoms with Gasteiger partial charge in [-0.3, -0.25) is 9.12 Å². The Kier molecular flexibility index (Phi) is 5.51. The van der Waals surface area contributed by atoms with Gasteiger partial charge in [-0.15, -0.1) is 10.2 Å². The van der Waals surface area contributed by atoms with Crippen molar-refractivity contribution in [1.29, 1.82) is 0 Å². The van der Waals surface area contributed by atoms with E-state index in [2.05, 4.69) is 28.0 Å². The van der Waals surface area contributed by atoms with Gasteiger partial charge in [0.25, 0.3) is 0 Å². The van der Waals surface area contributed by atoms with Crippen LogP contribution < -0.4 is 9.46 Å². The van der Waals surface area contributed by atoms with Crippen LogP contribution in [0, 0.1) is 10.8 Å². The number of aromatic nitrogens is 3. The minimum Gasteiger partial charge on any atom is -0.493 e. The largest absolute Gasteiger partial charge is 0.493 e. The zero-order chi connectivity index (χ0) is 21.6. The molecule has 4 fully saturated rings. The third kappa shape index (κ3) is 4.48. The highest BCUT2D eigenvalue weighted by Crippen LogP contribution is 2.59. The molecule has 2 aromatic heterocycles. The van der Waals surface area contributed by atoms with Gasteiger partial charge in [-0.25, -0.2) is 4.21 Å². The summed E-state index contributed by atoms with van der Waals surface area (Å²) in [6.45, 7) is 7.17. The Morgan fingerprint density at radius 3 is 2.39 bits per heavy atom. The molecule has 4 aliphatic rings. The Morgan fingerprint density at radius 2 is 1.77 bits per heavy atom. The van der Waals surface area contributed by atoms with Gasteiger partial charge in [0.15, 0.2) is 5.65 Å². The topological polar surface area (TPSA) is 68.5 Å². The minimum atomic E-state index is -1.07. The first-order chi connectivity index (χ1) is 15.0. The van der Waals surface area contributed by atoms with Crippen LogP contribution in [0.4, 0.5) is 5.95 Å². The highest BCUT2D eigenvalue weighted by atomic mass is 32.2. The monoisotopic (exact) mass is 444 g/mol. The Morgan fingerprint density at radius 1 is 1.10 bits per heavy atom. The number of anilines is 1. The summed E-state index contributed by atoms with van der Waals surface area (Å²) in [6, 6.07) is 2.03. The van der Waals surface area contributed by atoms with Crippen molar-refractivity contribution in [2.75, 3.05) is 11.3 Å². The van der Waals surface area contributed by atoms with Crippen molar-refractivity contribution in [1.82, 2.24) is 14.6 Å². The molecule has 170 valence electrons. The van der Waals surface area contributed by atoms with Crippen LogP contribution in [-0.2, 0) is 11.0 Å². The van der Waals surface area contributed by atoms with Gasteiger partial charge >= 0.3 is 0 Å².